The van der Waals surface area contributed by atoms with Crippen molar-refractivity contribution in [3.8, 4) is 0 Å². The maximum absolute atomic E-state index is 10.7. The molecule has 0 radical (unpaired) electrons. The molecule has 0 bridgehead atoms. The molecule has 0 fully saturated rings. The minimum absolute atomic E-state index is 0.106. The summed E-state index contributed by atoms with van der Waals surface area (Å²) in [6.07, 6.45) is 3.59. The van der Waals surface area contributed by atoms with Gasteiger partial charge in [-0.05, 0) is 12.0 Å². The lowest BCUT2D eigenvalue weighted by molar-refractivity contribution is 0.0696. The highest BCUT2D eigenvalue weighted by Gasteiger charge is 2.15. The van der Waals surface area contributed by atoms with E-state index in [0.717, 1.165) is 12.0 Å². The van der Waals surface area contributed by atoms with Gasteiger partial charge in [-0.15, -0.1) is 0 Å². The summed E-state index contributed by atoms with van der Waals surface area (Å²) in [6, 6.07) is 9.98. The number of aromatic nitrogens is 2. The van der Waals surface area contributed by atoms with Crippen LogP contribution in [0.25, 0.3) is 0 Å². The van der Waals surface area contributed by atoms with Gasteiger partial charge in [0.05, 0.1) is 5.56 Å². The number of aromatic carboxylic acids is 1. The van der Waals surface area contributed by atoms with Crippen molar-refractivity contribution < 1.29 is 9.90 Å². The fourth-order valence-electron chi connectivity index (χ4n) is 1.88. The normalized spacial score (nSPS) is 12.1. The van der Waals surface area contributed by atoms with Crippen molar-refractivity contribution in [2.45, 2.75) is 19.3 Å². The van der Waals surface area contributed by atoms with Crippen molar-refractivity contribution in [2.75, 3.05) is 0 Å². The molecule has 0 spiro atoms. The number of carboxylic acids is 1. The third kappa shape index (κ3) is 2.53. The van der Waals surface area contributed by atoms with Crippen molar-refractivity contribution in [1.29, 1.82) is 0 Å². The van der Waals surface area contributed by atoms with Crippen LogP contribution in [0.5, 0.6) is 0 Å². The predicted molar refractivity (Wildman–Crippen MR) is 67.6 cm³/mol. The zero-order chi connectivity index (χ0) is 13.0. The topological polar surface area (TPSA) is 63.1 Å². The molecule has 2 rings (SSSR count). The van der Waals surface area contributed by atoms with Crippen LogP contribution in [0.15, 0.2) is 42.7 Å². The van der Waals surface area contributed by atoms with E-state index in [2.05, 4.69) is 16.9 Å². The number of carboxylic acid groups (broad SMARTS) is 1. The van der Waals surface area contributed by atoms with E-state index in [1.54, 1.807) is 0 Å². The number of nitrogens with zero attached hydrogens (tertiary/aromatic N) is 2. The van der Waals surface area contributed by atoms with E-state index in [1.807, 2.05) is 30.3 Å². The van der Waals surface area contributed by atoms with Crippen LogP contribution in [0, 0.1) is 0 Å². The third-order valence-electron chi connectivity index (χ3n) is 2.84. The number of hydrogen-bond acceptors (Lipinski definition) is 3. The van der Waals surface area contributed by atoms with Crippen LogP contribution in [-0.4, -0.2) is 21.0 Å². The first-order chi connectivity index (χ1) is 8.72. The second kappa shape index (κ2) is 5.40. The summed E-state index contributed by atoms with van der Waals surface area (Å²) in [5.41, 5.74) is 1.25. The highest BCUT2D eigenvalue weighted by Crippen LogP contribution is 2.24. The van der Waals surface area contributed by atoms with Crippen LogP contribution in [0.1, 0.15) is 41.0 Å². The molecule has 0 aliphatic rings. The zero-order valence-electron chi connectivity index (χ0n) is 10.1. The fraction of sp³-hybridized carbons (Fsp3) is 0.214. The molecule has 2 aromatic rings. The Balaban J connectivity index is 2.31. The first kappa shape index (κ1) is 12.2. The summed E-state index contributed by atoms with van der Waals surface area (Å²) in [6.45, 7) is 2.06. The van der Waals surface area contributed by atoms with Crippen LogP contribution in [0.4, 0.5) is 0 Å². The molecule has 4 nitrogen and oxygen atoms in total. The van der Waals surface area contributed by atoms with Crippen LogP contribution >= 0.6 is 0 Å². The van der Waals surface area contributed by atoms with E-state index in [0.29, 0.717) is 5.82 Å². The molecule has 0 amide bonds. The molecular formula is C14H14N2O2. The molecule has 1 aromatic carbocycles. The van der Waals surface area contributed by atoms with Gasteiger partial charge in [0, 0.05) is 18.3 Å². The van der Waals surface area contributed by atoms with Crippen LogP contribution in [0.2, 0.25) is 0 Å². The number of benzene rings is 1. The van der Waals surface area contributed by atoms with E-state index in [-0.39, 0.29) is 11.5 Å². The first-order valence-corrected chi connectivity index (χ1v) is 5.82. The SMILES string of the molecule is CCC(c1ccccc1)c1ncc(C(=O)O)cn1. The third-order valence-corrected chi connectivity index (χ3v) is 2.84. The van der Waals surface area contributed by atoms with Gasteiger partial charge in [0.15, 0.2) is 0 Å². The van der Waals surface area contributed by atoms with E-state index in [4.69, 9.17) is 5.11 Å². The number of rotatable bonds is 4. The molecule has 92 valence electrons. The van der Waals surface area contributed by atoms with Crippen molar-refractivity contribution in [2.24, 2.45) is 0 Å². The summed E-state index contributed by atoms with van der Waals surface area (Å²) < 4.78 is 0. The molecule has 1 N–H and O–H groups in total. The molecule has 1 unspecified atom stereocenters. The molecule has 4 heteroatoms. The summed E-state index contributed by atoms with van der Waals surface area (Å²) in [4.78, 5) is 19.1. The zero-order valence-corrected chi connectivity index (χ0v) is 10.1. The Hall–Kier alpha value is -2.23. The minimum atomic E-state index is -1.01. The fourth-order valence-corrected chi connectivity index (χ4v) is 1.88. The van der Waals surface area contributed by atoms with Gasteiger partial charge in [-0.1, -0.05) is 37.3 Å². The lowest BCUT2D eigenvalue weighted by Gasteiger charge is -2.13. The molecule has 1 atom stereocenters. The highest BCUT2D eigenvalue weighted by molar-refractivity contribution is 5.86. The molecule has 1 aromatic heterocycles. The second-order valence-corrected chi connectivity index (χ2v) is 4.01. The molecule has 1 heterocycles. The lowest BCUT2D eigenvalue weighted by Crippen LogP contribution is -2.07. The molecule has 0 saturated carbocycles. The summed E-state index contributed by atoms with van der Waals surface area (Å²) >= 11 is 0. The van der Waals surface area contributed by atoms with Crippen LogP contribution < -0.4 is 0 Å². The summed E-state index contributed by atoms with van der Waals surface area (Å²) in [7, 11) is 0. The van der Waals surface area contributed by atoms with Crippen LogP contribution in [0.3, 0.4) is 0 Å². The van der Waals surface area contributed by atoms with Gasteiger partial charge in [-0.2, -0.15) is 0 Å². The van der Waals surface area contributed by atoms with E-state index in [1.165, 1.54) is 12.4 Å². The smallest absolute Gasteiger partial charge is 0.338 e. The van der Waals surface area contributed by atoms with E-state index < -0.39 is 5.97 Å². The molecule has 18 heavy (non-hydrogen) atoms. The van der Waals surface area contributed by atoms with Gasteiger partial charge in [0.2, 0.25) is 0 Å². The number of carbonyl (C=O) groups is 1. The van der Waals surface area contributed by atoms with Crippen molar-refractivity contribution in [3.63, 3.8) is 0 Å². The molecule has 0 saturated heterocycles. The average molecular weight is 242 g/mol. The Labute approximate surface area is 105 Å². The average Bonchev–Trinajstić information content (AvgIpc) is 2.41. The summed E-state index contributed by atoms with van der Waals surface area (Å²) in [5, 5.41) is 8.81. The standard InChI is InChI=1S/C14H14N2O2/c1-2-12(10-6-4-3-5-7-10)13-15-8-11(9-16-13)14(17)18/h3-9,12H,2H2,1H3,(H,17,18). The predicted octanol–water partition coefficient (Wildman–Crippen LogP) is 2.72. The largest absolute Gasteiger partial charge is 0.478 e. The van der Waals surface area contributed by atoms with Gasteiger partial charge in [0.25, 0.3) is 0 Å². The van der Waals surface area contributed by atoms with Gasteiger partial charge < -0.3 is 5.11 Å². The van der Waals surface area contributed by atoms with Gasteiger partial charge in [-0.25, -0.2) is 14.8 Å². The van der Waals surface area contributed by atoms with Gasteiger partial charge in [-0.3, -0.25) is 0 Å². The molecular weight excluding hydrogens is 228 g/mol. The monoisotopic (exact) mass is 242 g/mol. The highest BCUT2D eigenvalue weighted by atomic mass is 16.4. The molecule has 0 aliphatic heterocycles. The quantitative estimate of drug-likeness (QED) is 0.895. The Morgan fingerprint density at radius 1 is 1.22 bits per heavy atom. The minimum Gasteiger partial charge on any atom is -0.478 e. The lowest BCUT2D eigenvalue weighted by atomic mass is 9.96. The van der Waals surface area contributed by atoms with Gasteiger partial charge >= 0.3 is 5.97 Å². The van der Waals surface area contributed by atoms with E-state index >= 15 is 0 Å². The molecule has 0 aliphatic carbocycles. The Kier molecular flexibility index (Phi) is 3.67. The van der Waals surface area contributed by atoms with Crippen LogP contribution in [-0.2, 0) is 0 Å². The van der Waals surface area contributed by atoms with Crippen molar-refractivity contribution in [1.82, 2.24) is 9.97 Å². The number of hydrogen-bond donors (Lipinski definition) is 1. The Morgan fingerprint density at radius 2 is 1.83 bits per heavy atom. The Bertz CT molecular complexity index is 523. The van der Waals surface area contributed by atoms with E-state index in [9.17, 15) is 4.79 Å². The van der Waals surface area contributed by atoms with Crippen molar-refractivity contribution >= 4 is 5.97 Å². The maximum Gasteiger partial charge on any atom is 0.338 e. The maximum atomic E-state index is 10.7. The summed E-state index contributed by atoms with van der Waals surface area (Å²) in [5.74, 6) is -0.239. The Morgan fingerprint density at radius 3 is 2.33 bits per heavy atom. The van der Waals surface area contributed by atoms with Crippen molar-refractivity contribution in [3.05, 3.63) is 59.7 Å². The first-order valence-electron chi connectivity index (χ1n) is 5.82. The second-order valence-electron chi connectivity index (χ2n) is 4.01. The van der Waals surface area contributed by atoms with Gasteiger partial charge in [0.1, 0.15) is 5.82 Å².